The highest BCUT2D eigenvalue weighted by Crippen LogP contribution is 2.23. The van der Waals surface area contributed by atoms with Gasteiger partial charge in [-0.15, -0.1) is 0 Å². The van der Waals surface area contributed by atoms with Gasteiger partial charge in [0.1, 0.15) is 16.3 Å². The van der Waals surface area contributed by atoms with Crippen LogP contribution in [0.2, 0.25) is 0 Å². The lowest BCUT2D eigenvalue weighted by Gasteiger charge is -2.27. The summed E-state index contributed by atoms with van der Waals surface area (Å²) in [7, 11) is -2.22. The number of anilines is 1. The molecule has 0 saturated heterocycles. The minimum atomic E-state index is -3.76. The van der Waals surface area contributed by atoms with Crippen LogP contribution >= 0.6 is 0 Å². The fraction of sp³-hybridized carbons (Fsp3) is 0.353. The zero-order valence-corrected chi connectivity index (χ0v) is 15.0. The summed E-state index contributed by atoms with van der Waals surface area (Å²) in [5.74, 6) is 0.517. The standard InChI is InChI=1S/C17H21N3O4S/c1-3-8-19-9-10-20-12-15(11-16(20)17(19)21)25(22,23)18-13-4-6-14(24-2)7-5-13/h4-7,11-12,18H,3,8-10H2,1-2H3. The SMILES string of the molecule is CCCN1CCn2cc(S(=O)(=O)Nc3ccc(OC)cc3)cc2C1=O. The summed E-state index contributed by atoms with van der Waals surface area (Å²) >= 11 is 0. The van der Waals surface area contributed by atoms with Gasteiger partial charge in [-0.05, 0) is 36.8 Å². The normalized spacial score (nSPS) is 14.3. The Hall–Kier alpha value is -2.48. The minimum Gasteiger partial charge on any atom is -0.497 e. The van der Waals surface area contributed by atoms with Gasteiger partial charge in [-0.3, -0.25) is 9.52 Å². The Morgan fingerprint density at radius 1 is 1.20 bits per heavy atom. The van der Waals surface area contributed by atoms with Crippen molar-refractivity contribution in [2.24, 2.45) is 0 Å². The van der Waals surface area contributed by atoms with Crippen LogP contribution in [0.4, 0.5) is 5.69 Å². The van der Waals surface area contributed by atoms with Crippen LogP contribution in [0.5, 0.6) is 5.75 Å². The van der Waals surface area contributed by atoms with Crippen LogP contribution in [0, 0.1) is 0 Å². The molecule has 0 spiro atoms. The maximum atomic E-state index is 12.6. The first kappa shape index (κ1) is 17.3. The summed E-state index contributed by atoms with van der Waals surface area (Å²) < 4.78 is 34.5. The number of carbonyl (C=O) groups excluding carboxylic acids is 1. The Morgan fingerprint density at radius 2 is 1.92 bits per heavy atom. The number of fused-ring (bicyclic) bond motifs is 1. The van der Waals surface area contributed by atoms with Gasteiger partial charge < -0.3 is 14.2 Å². The molecule has 1 aliphatic heterocycles. The van der Waals surface area contributed by atoms with Crippen molar-refractivity contribution in [3.05, 3.63) is 42.2 Å². The van der Waals surface area contributed by atoms with Crippen molar-refractivity contribution in [3.63, 3.8) is 0 Å². The third-order valence-electron chi connectivity index (χ3n) is 4.13. The molecule has 0 atom stereocenters. The van der Waals surface area contributed by atoms with Crippen LogP contribution in [0.1, 0.15) is 23.8 Å². The molecule has 1 amide bonds. The van der Waals surface area contributed by atoms with Crippen molar-refractivity contribution in [3.8, 4) is 5.75 Å². The number of aromatic nitrogens is 1. The van der Waals surface area contributed by atoms with Gasteiger partial charge in [0.15, 0.2) is 0 Å². The van der Waals surface area contributed by atoms with Crippen molar-refractivity contribution >= 4 is 21.6 Å². The summed E-state index contributed by atoms with van der Waals surface area (Å²) in [6.45, 7) is 3.88. The highest BCUT2D eigenvalue weighted by molar-refractivity contribution is 7.92. The van der Waals surface area contributed by atoms with Gasteiger partial charge in [-0.2, -0.15) is 0 Å². The van der Waals surface area contributed by atoms with E-state index in [1.54, 1.807) is 40.8 Å². The molecule has 3 rings (SSSR count). The van der Waals surface area contributed by atoms with E-state index in [0.717, 1.165) is 6.42 Å². The summed E-state index contributed by atoms with van der Waals surface area (Å²) in [6.07, 6.45) is 2.39. The zero-order chi connectivity index (χ0) is 18.0. The summed E-state index contributed by atoms with van der Waals surface area (Å²) in [5.41, 5.74) is 0.846. The molecule has 1 N–H and O–H groups in total. The molecule has 1 aliphatic rings. The van der Waals surface area contributed by atoms with Crippen LogP contribution in [0.25, 0.3) is 0 Å². The molecule has 1 aromatic heterocycles. The Morgan fingerprint density at radius 3 is 2.56 bits per heavy atom. The van der Waals surface area contributed by atoms with E-state index in [9.17, 15) is 13.2 Å². The highest BCUT2D eigenvalue weighted by Gasteiger charge is 2.27. The predicted molar refractivity (Wildman–Crippen MR) is 94.4 cm³/mol. The number of ether oxygens (including phenoxy) is 1. The van der Waals surface area contributed by atoms with Gasteiger partial charge >= 0.3 is 0 Å². The third-order valence-corrected chi connectivity index (χ3v) is 5.48. The van der Waals surface area contributed by atoms with E-state index in [4.69, 9.17) is 4.74 Å². The van der Waals surface area contributed by atoms with Crippen molar-refractivity contribution in [1.29, 1.82) is 0 Å². The molecule has 134 valence electrons. The quantitative estimate of drug-likeness (QED) is 0.853. The third kappa shape index (κ3) is 3.48. The summed E-state index contributed by atoms with van der Waals surface area (Å²) in [5, 5.41) is 0. The zero-order valence-electron chi connectivity index (χ0n) is 14.2. The van der Waals surface area contributed by atoms with Crippen molar-refractivity contribution in [2.45, 2.75) is 24.8 Å². The molecule has 0 saturated carbocycles. The molecule has 1 aromatic carbocycles. The monoisotopic (exact) mass is 363 g/mol. The number of carbonyl (C=O) groups is 1. The van der Waals surface area contributed by atoms with Crippen molar-refractivity contribution in [2.75, 3.05) is 24.9 Å². The van der Waals surface area contributed by atoms with Crippen LogP contribution < -0.4 is 9.46 Å². The first-order chi connectivity index (χ1) is 11.9. The number of amides is 1. The van der Waals surface area contributed by atoms with E-state index in [0.29, 0.717) is 36.8 Å². The van der Waals surface area contributed by atoms with Gasteiger partial charge in [-0.1, -0.05) is 6.92 Å². The number of hydrogen-bond acceptors (Lipinski definition) is 4. The van der Waals surface area contributed by atoms with Crippen molar-refractivity contribution in [1.82, 2.24) is 9.47 Å². The van der Waals surface area contributed by atoms with E-state index in [1.165, 1.54) is 12.3 Å². The van der Waals surface area contributed by atoms with Gasteiger partial charge in [0.05, 0.1) is 7.11 Å². The Labute approximate surface area is 147 Å². The first-order valence-corrected chi connectivity index (χ1v) is 9.59. The molecule has 0 radical (unpaired) electrons. The lowest BCUT2D eigenvalue weighted by atomic mass is 10.2. The molecular weight excluding hydrogens is 342 g/mol. The number of nitrogens with zero attached hydrogens (tertiary/aromatic N) is 2. The average molecular weight is 363 g/mol. The average Bonchev–Trinajstić information content (AvgIpc) is 3.04. The van der Waals surface area contributed by atoms with Gasteiger partial charge in [-0.25, -0.2) is 8.42 Å². The largest absolute Gasteiger partial charge is 0.497 e. The smallest absolute Gasteiger partial charge is 0.270 e. The fourth-order valence-corrected chi connectivity index (χ4v) is 3.94. The molecule has 0 fully saturated rings. The summed E-state index contributed by atoms with van der Waals surface area (Å²) in [6, 6.07) is 8.04. The van der Waals surface area contributed by atoms with Gasteiger partial charge in [0.2, 0.25) is 0 Å². The molecule has 25 heavy (non-hydrogen) atoms. The number of methoxy groups -OCH3 is 1. The topological polar surface area (TPSA) is 80.6 Å². The molecule has 8 heteroatoms. The van der Waals surface area contributed by atoms with Gasteiger partial charge in [0.25, 0.3) is 15.9 Å². The van der Waals surface area contributed by atoms with Crippen LogP contribution in [-0.2, 0) is 16.6 Å². The Balaban J connectivity index is 1.84. The second-order valence-corrected chi connectivity index (χ2v) is 7.56. The molecule has 0 aliphatic carbocycles. The number of rotatable bonds is 6. The molecule has 0 unspecified atom stereocenters. The Kier molecular flexibility index (Phi) is 4.71. The van der Waals surface area contributed by atoms with E-state index < -0.39 is 10.0 Å². The second-order valence-electron chi connectivity index (χ2n) is 5.88. The maximum Gasteiger partial charge on any atom is 0.270 e. The molecule has 2 heterocycles. The second kappa shape index (κ2) is 6.79. The number of hydrogen-bond donors (Lipinski definition) is 1. The lowest BCUT2D eigenvalue weighted by Crippen LogP contribution is -2.40. The molecular formula is C17H21N3O4S. The van der Waals surface area contributed by atoms with Gasteiger partial charge in [0, 0.05) is 31.5 Å². The van der Waals surface area contributed by atoms with Crippen LogP contribution in [0.3, 0.4) is 0 Å². The predicted octanol–water partition coefficient (Wildman–Crippen LogP) is 2.16. The van der Waals surface area contributed by atoms with E-state index in [2.05, 4.69) is 4.72 Å². The number of nitrogens with one attached hydrogen (secondary N) is 1. The van der Waals surface area contributed by atoms with E-state index in [-0.39, 0.29) is 10.8 Å². The molecule has 7 nitrogen and oxygen atoms in total. The molecule has 0 bridgehead atoms. The number of benzene rings is 1. The fourth-order valence-electron chi connectivity index (χ4n) is 2.84. The minimum absolute atomic E-state index is 0.0880. The van der Waals surface area contributed by atoms with Crippen LogP contribution in [0.15, 0.2) is 41.4 Å². The van der Waals surface area contributed by atoms with Crippen molar-refractivity contribution < 1.29 is 17.9 Å². The number of sulfonamides is 1. The van der Waals surface area contributed by atoms with E-state index >= 15 is 0 Å². The van der Waals surface area contributed by atoms with E-state index in [1.807, 2.05) is 6.92 Å². The summed E-state index contributed by atoms with van der Waals surface area (Å²) in [4.78, 5) is 14.3. The molecule has 2 aromatic rings. The highest BCUT2D eigenvalue weighted by atomic mass is 32.2. The maximum absolute atomic E-state index is 12.6. The lowest BCUT2D eigenvalue weighted by molar-refractivity contribution is 0.0705. The Bertz CT molecular complexity index is 872. The van der Waals surface area contributed by atoms with Crippen LogP contribution in [-0.4, -0.2) is 44.0 Å². The first-order valence-electron chi connectivity index (χ1n) is 8.11.